The first kappa shape index (κ1) is 18.1. The van der Waals surface area contributed by atoms with Crippen molar-refractivity contribution in [3.63, 3.8) is 0 Å². The zero-order valence-corrected chi connectivity index (χ0v) is 15.0. The minimum atomic E-state index is -0.492. The van der Waals surface area contributed by atoms with Crippen LogP contribution in [-0.2, 0) is 6.54 Å². The van der Waals surface area contributed by atoms with Crippen molar-refractivity contribution in [2.24, 2.45) is 0 Å². The molecule has 0 bridgehead atoms. The van der Waals surface area contributed by atoms with E-state index in [2.05, 4.69) is 20.6 Å². The Balaban J connectivity index is 1.92. The molecule has 0 saturated heterocycles. The number of para-hydroxylation sites is 2. The molecule has 27 heavy (non-hydrogen) atoms. The van der Waals surface area contributed by atoms with Crippen LogP contribution < -0.4 is 15.4 Å². The summed E-state index contributed by atoms with van der Waals surface area (Å²) in [7, 11) is 1.53. The fraction of sp³-hybridized carbons (Fsp3) is 0.158. The minimum Gasteiger partial charge on any atom is -0.495 e. The van der Waals surface area contributed by atoms with Gasteiger partial charge in [0, 0.05) is 6.54 Å². The maximum absolute atomic E-state index is 11.5. The van der Waals surface area contributed by atoms with Crippen LogP contribution in [-0.4, -0.2) is 22.0 Å². The lowest BCUT2D eigenvalue weighted by atomic mass is 10.2. The Kier molecular flexibility index (Phi) is 5.46. The van der Waals surface area contributed by atoms with Gasteiger partial charge in [0.25, 0.3) is 0 Å². The highest BCUT2D eigenvalue weighted by Crippen LogP contribution is 2.33. The molecule has 2 aromatic carbocycles. The molecule has 0 spiro atoms. The fourth-order valence-corrected chi connectivity index (χ4v) is 2.60. The lowest BCUT2D eigenvalue weighted by Crippen LogP contribution is -2.09. The number of benzene rings is 2. The van der Waals surface area contributed by atoms with Gasteiger partial charge in [0.15, 0.2) is 0 Å². The largest absolute Gasteiger partial charge is 0.495 e. The Labute approximate surface area is 156 Å². The Morgan fingerprint density at radius 2 is 1.78 bits per heavy atom. The molecular formula is C19H19N5O3. The predicted octanol–water partition coefficient (Wildman–Crippen LogP) is 4.06. The van der Waals surface area contributed by atoms with Gasteiger partial charge < -0.3 is 15.4 Å². The SMILES string of the molecule is COc1ccccc1Nc1nc(NCc2ccccc2)nc(C)c1[N+](=O)[O-]. The maximum Gasteiger partial charge on any atom is 0.332 e. The van der Waals surface area contributed by atoms with Crippen LogP contribution >= 0.6 is 0 Å². The topological polar surface area (TPSA) is 102 Å². The van der Waals surface area contributed by atoms with Crippen molar-refractivity contribution < 1.29 is 9.66 Å². The van der Waals surface area contributed by atoms with Crippen molar-refractivity contribution in [2.45, 2.75) is 13.5 Å². The molecule has 0 aliphatic carbocycles. The first-order valence-electron chi connectivity index (χ1n) is 8.29. The Morgan fingerprint density at radius 1 is 1.07 bits per heavy atom. The minimum absolute atomic E-state index is 0.104. The van der Waals surface area contributed by atoms with Crippen molar-refractivity contribution >= 4 is 23.1 Å². The Morgan fingerprint density at radius 3 is 2.48 bits per heavy atom. The quantitative estimate of drug-likeness (QED) is 0.481. The average Bonchev–Trinajstić information content (AvgIpc) is 2.67. The molecule has 3 aromatic rings. The van der Waals surface area contributed by atoms with Crippen LogP contribution in [0.3, 0.4) is 0 Å². The summed E-state index contributed by atoms with van der Waals surface area (Å²) in [4.78, 5) is 19.5. The van der Waals surface area contributed by atoms with E-state index in [4.69, 9.17) is 4.74 Å². The number of aromatic nitrogens is 2. The van der Waals surface area contributed by atoms with Crippen molar-refractivity contribution in [1.82, 2.24) is 9.97 Å². The van der Waals surface area contributed by atoms with E-state index in [1.165, 1.54) is 7.11 Å². The highest BCUT2D eigenvalue weighted by Gasteiger charge is 2.23. The van der Waals surface area contributed by atoms with Crippen LogP contribution in [0.2, 0.25) is 0 Å². The molecule has 0 saturated carbocycles. The van der Waals surface area contributed by atoms with Gasteiger partial charge in [-0.3, -0.25) is 10.1 Å². The van der Waals surface area contributed by atoms with Gasteiger partial charge in [0.1, 0.15) is 11.4 Å². The number of hydrogen-bond donors (Lipinski definition) is 2. The highest BCUT2D eigenvalue weighted by molar-refractivity contribution is 5.71. The average molecular weight is 365 g/mol. The standard InChI is InChI=1S/C19H19N5O3/c1-13-17(24(25)26)18(22-15-10-6-7-11-16(15)27-2)23-19(21-13)20-12-14-8-4-3-5-9-14/h3-11H,12H2,1-2H3,(H2,20,21,22,23). The number of methoxy groups -OCH3 is 1. The van der Waals surface area contributed by atoms with E-state index in [1.807, 2.05) is 36.4 Å². The Bertz CT molecular complexity index is 947. The molecular weight excluding hydrogens is 346 g/mol. The summed E-state index contributed by atoms with van der Waals surface area (Å²) in [5.74, 6) is 0.966. The third-order valence-electron chi connectivity index (χ3n) is 3.89. The van der Waals surface area contributed by atoms with Crippen molar-refractivity contribution in [1.29, 1.82) is 0 Å². The smallest absolute Gasteiger partial charge is 0.332 e. The summed E-state index contributed by atoms with van der Waals surface area (Å²) in [6.45, 7) is 2.09. The van der Waals surface area contributed by atoms with Gasteiger partial charge in [0.05, 0.1) is 17.7 Å². The summed E-state index contributed by atoms with van der Waals surface area (Å²) < 4.78 is 5.29. The number of nitrogens with zero attached hydrogens (tertiary/aromatic N) is 3. The molecule has 138 valence electrons. The second kappa shape index (κ2) is 8.13. The first-order chi connectivity index (χ1) is 13.1. The second-order valence-corrected chi connectivity index (χ2v) is 5.75. The van der Waals surface area contributed by atoms with Gasteiger partial charge in [-0.15, -0.1) is 0 Å². The maximum atomic E-state index is 11.5. The highest BCUT2D eigenvalue weighted by atomic mass is 16.6. The molecule has 0 unspecified atom stereocenters. The summed E-state index contributed by atoms with van der Waals surface area (Å²) in [6.07, 6.45) is 0. The third-order valence-corrected chi connectivity index (χ3v) is 3.89. The first-order valence-corrected chi connectivity index (χ1v) is 8.29. The number of aryl methyl sites for hydroxylation is 1. The lowest BCUT2D eigenvalue weighted by molar-refractivity contribution is -0.385. The number of hydrogen-bond acceptors (Lipinski definition) is 7. The van der Waals surface area contributed by atoms with Crippen LogP contribution in [0.25, 0.3) is 0 Å². The van der Waals surface area contributed by atoms with Gasteiger partial charge in [0.2, 0.25) is 11.8 Å². The van der Waals surface area contributed by atoms with E-state index in [9.17, 15) is 10.1 Å². The third kappa shape index (κ3) is 4.30. The molecule has 0 aliphatic heterocycles. The van der Waals surface area contributed by atoms with E-state index in [0.29, 0.717) is 23.9 Å². The summed E-state index contributed by atoms with van der Waals surface area (Å²) >= 11 is 0. The van der Waals surface area contributed by atoms with Crippen molar-refractivity contribution in [3.05, 3.63) is 76.0 Å². The van der Waals surface area contributed by atoms with Gasteiger partial charge in [-0.2, -0.15) is 4.98 Å². The van der Waals surface area contributed by atoms with Crippen molar-refractivity contribution in [3.8, 4) is 5.75 Å². The molecule has 0 amide bonds. The van der Waals surface area contributed by atoms with E-state index in [1.54, 1.807) is 25.1 Å². The molecule has 3 rings (SSSR count). The van der Waals surface area contributed by atoms with E-state index in [0.717, 1.165) is 5.56 Å². The van der Waals surface area contributed by atoms with E-state index >= 15 is 0 Å². The summed E-state index contributed by atoms with van der Waals surface area (Å²) in [5.41, 5.74) is 1.72. The zero-order valence-electron chi connectivity index (χ0n) is 15.0. The normalized spacial score (nSPS) is 10.3. The molecule has 0 fully saturated rings. The van der Waals surface area contributed by atoms with Crippen LogP contribution in [0.5, 0.6) is 5.75 Å². The van der Waals surface area contributed by atoms with Crippen LogP contribution in [0, 0.1) is 17.0 Å². The number of nitrogens with one attached hydrogen (secondary N) is 2. The van der Waals surface area contributed by atoms with E-state index < -0.39 is 4.92 Å². The van der Waals surface area contributed by atoms with Gasteiger partial charge >= 0.3 is 5.69 Å². The fourth-order valence-electron chi connectivity index (χ4n) is 2.60. The molecule has 2 N–H and O–H groups in total. The lowest BCUT2D eigenvalue weighted by Gasteiger charge is -2.13. The molecule has 1 heterocycles. The summed E-state index contributed by atoms with van der Waals surface area (Å²) in [5, 5.41) is 17.6. The van der Waals surface area contributed by atoms with Gasteiger partial charge in [-0.05, 0) is 24.6 Å². The monoisotopic (exact) mass is 365 g/mol. The van der Waals surface area contributed by atoms with E-state index in [-0.39, 0.29) is 17.2 Å². The molecule has 1 aromatic heterocycles. The molecule has 0 radical (unpaired) electrons. The van der Waals surface area contributed by atoms with Crippen molar-refractivity contribution in [2.75, 3.05) is 17.7 Å². The molecule has 8 heteroatoms. The van der Waals surface area contributed by atoms with Crippen LogP contribution in [0.15, 0.2) is 54.6 Å². The summed E-state index contributed by atoms with van der Waals surface area (Å²) in [6, 6.07) is 16.9. The molecule has 0 aliphatic rings. The number of ether oxygens (including phenoxy) is 1. The van der Waals surface area contributed by atoms with Gasteiger partial charge in [-0.25, -0.2) is 4.98 Å². The zero-order chi connectivity index (χ0) is 19.2. The Hall–Kier alpha value is -3.68. The number of nitro groups is 1. The van der Waals surface area contributed by atoms with Crippen LogP contribution in [0.1, 0.15) is 11.3 Å². The van der Waals surface area contributed by atoms with Gasteiger partial charge in [-0.1, -0.05) is 42.5 Å². The second-order valence-electron chi connectivity index (χ2n) is 5.75. The molecule has 0 atom stereocenters. The predicted molar refractivity (Wildman–Crippen MR) is 103 cm³/mol. The molecule has 8 nitrogen and oxygen atoms in total. The number of anilines is 3. The van der Waals surface area contributed by atoms with Crippen LogP contribution in [0.4, 0.5) is 23.1 Å². The number of rotatable bonds is 7.